The van der Waals surface area contributed by atoms with E-state index < -0.39 is 5.60 Å². The minimum Gasteiger partial charge on any atom is -0.389 e. The molecule has 0 radical (unpaired) electrons. The Morgan fingerprint density at radius 2 is 2.25 bits per heavy atom. The van der Waals surface area contributed by atoms with Gasteiger partial charge in [0.2, 0.25) is 5.91 Å². The Kier molecular flexibility index (Phi) is 4.74. The Balaban J connectivity index is 2.54. The topological polar surface area (TPSA) is 49.8 Å². The first-order chi connectivity index (χ1) is 7.44. The molecule has 0 bridgehead atoms. The molecule has 0 spiro atoms. The Hall–Kier alpha value is -0.610. The van der Waals surface area contributed by atoms with Gasteiger partial charge in [-0.25, -0.2) is 0 Å². The first-order valence-electron chi connectivity index (χ1n) is 6.03. The van der Waals surface area contributed by atoms with Gasteiger partial charge >= 0.3 is 0 Å². The molecule has 0 aromatic carbocycles. The van der Waals surface area contributed by atoms with Gasteiger partial charge in [-0.15, -0.1) is 0 Å². The summed E-state index contributed by atoms with van der Waals surface area (Å²) < 4.78 is 5.32. The number of amides is 1. The van der Waals surface area contributed by atoms with Crippen molar-refractivity contribution in [3.05, 3.63) is 0 Å². The van der Waals surface area contributed by atoms with Crippen molar-refractivity contribution in [2.24, 2.45) is 5.92 Å². The van der Waals surface area contributed by atoms with Crippen LogP contribution >= 0.6 is 0 Å². The molecule has 0 aromatic rings. The second-order valence-corrected chi connectivity index (χ2v) is 5.08. The predicted molar refractivity (Wildman–Crippen MR) is 62.1 cm³/mol. The standard InChI is InChI=1S/C12H23NO3/c1-4-13(9-12(2,3)15)11(14)10-6-5-7-16-8-10/h10,15H,4-9H2,1-3H3. The van der Waals surface area contributed by atoms with E-state index in [-0.39, 0.29) is 11.8 Å². The molecule has 1 aliphatic rings. The van der Waals surface area contributed by atoms with E-state index in [0.717, 1.165) is 19.4 Å². The zero-order valence-corrected chi connectivity index (χ0v) is 10.5. The number of carbonyl (C=O) groups is 1. The van der Waals surface area contributed by atoms with Crippen molar-refractivity contribution in [1.29, 1.82) is 0 Å². The summed E-state index contributed by atoms with van der Waals surface area (Å²) in [6, 6.07) is 0. The molecular formula is C12H23NO3. The molecule has 1 N–H and O–H groups in total. The number of hydrogen-bond acceptors (Lipinski definition) is 3. The second-order valence-electron chi connectivity index (χ2n) is 5.08. The minimum absolute atomic E-state index is 0.0175. The number of hydrogen-bond donors (Lipinski definition) is 1. The van der Waals surface area contributed by atoms with Crippen molar-refractivity contribution in [1.82, 2.24) is 4.90 Å². The van der Waals surface area contributed by atoms with E-state index >= 15 is 0 Å². The van der Waals surface area contributed by atoms with Crippen molar-refractivity contribution < 1.29 is 14.6 Å². The van der Waals surface area contributed by atoms with Gasteiger partial charge in [0.05, 0.1) is 18.1 Å². The predicted octanol–water partition coefficient (Wildman–Crippen LogP) is 1.03. The highest BCUT2D eigenvalue weighted by atomic mass is 16.5. The largest absolute Gasteiger partial charge is 0.389 e. The summed E-state index contributed by atoms with van der Waals surface area (Å²) in [5, 5.41) is 9.74. The average Bonchev–Trinajstić information content (AvgIpc) is 2.25. The van der Waals surface area contributed by atoms with Crippen molar-refractivity contribution in [3.8, 4) is 0 Å². The SMILES string of the molecule is CCN(CC(C)(C)O)C(=O)C1CCCOC1. The van der Waals surface area contributed by atoms with Crippen LogP contribution in [0.2, 0.25) is 0 Å². The fraction of sp³-hybridized carbons (Fsp3) is 0.917. The highest BCUT2D eigenvalue weighted by Crippen LogP contribution is 2.17. The lowest BCUT2D eigenvalue weighted by atomic mass is 9.99. The zero-order valence-electron chi connectivity index (χ0n) is 10.5. The summed E-state index contributed by atoms with van der Waals surface area (Å²) >= 11 is 0. The maximum atomic E-state index is 12.1. The molecule has 1 atom stereocenters. The van der Waals surface area contributed by atoms with Crippen LogP contribution in [0.5, 0.6) is 0 Å². The molecule has 1 fully saturated rings. The van der Waals surface area contributed by atoms with Crippen LogP contribution in [-0.2, 0) is 9.53 Å². The molecule has 0 aromatic heterocycles. The van der Waals surface area contributed by atoms with Gasteiger partial charge in [0.25, 0.3) is 0 Å². The molecule has 1 heterocycles. The quantitative estimate of drug-likeness (QED) is 0.783. The van der Waals surface area contributed by atoms with Crippen LogP contribution in [0.4, 0.5) is 0 Å². The summed E-state index contributed by atoms with van der Waals surface area (Å²) in [7, 11) is 0. The fourth-order valence-corrected chi connectivity index (χ4v) is 2.01. The Labute approximate surface area is 97.6 Å². The van der Waals surface area contributed by atoms with Gasteiger partial charge < -0.3 is 14.7 Å². The summed E-state index contributed by atoms with van der Waals surface area (Å²) in [5.41, 5.74) is -0.832. The number of aliphatic hydroxyl groups is 1. The van der Waals surface area contributed by atoms with Crippen molar-refractivity contribution >= 4 is 5.91 Å². The maximum absolute atomic E-state index is 12.1. The van der Waals surface area contributed by atoms with Gasteiger partial charge in [-0.1, -0.05) is 0 Å². The van der Waals surface area contributed by atoms with Crippen LogP contribution in [0.3, 0.4) is 0 Å². The lowest BCUT2D eigenvalue weighted by Gasteiger charge is -2.32. The Morgan fingerprint density at radius 1 is 1.56 bits per heavy atom. The summed E-state index contributed by atoms with van der Waals surface area (Å²) in [5.74, 6) is 0.0976. The third kappa shape index (κ3) is 4.10. The molecule has 1 saturated heterocycles. The van der Waals surface area contributed by atoms with Crippen LogP contribution in [0.25, 0.3) is 0 Å². The number of carbonyl (C=O) groups excluding carboxylic acids is 1. The molecule has 4 nitrogen and oxygen atoms in total. The lowest BCUT2D eigenvalue weighted by Crippen LogP contribution is -2.46. The molecule has 1 aliphatic heterocycles. The van der Waals surface area contributed by atoms with E-state index in [1.807, 2.05) is 6.92 Å². The molecule has 0 saturated carbocycles. The summed E-state index contributed by atoms with van der Waals surface area (Å²) in [6.07, 6.45) is 1.86. The molecule has 16 heavy (non-hydrogen) atoms. The normalized spacial score (nSPS) is 21.9. The van der Waals surface area contributed by atoms with E-state index in [0.29, 0.717) is 19.7 Å². The smallest absolute Gasteiger partial charge is 0.228 e. The third-order valence-electron chi connectivity index (χ3n) is 2.78. The van der Waals surface area contributed by atoms with E-state index in [1.165, 1.54) is 0 Å². The molecule has 4 heteroatoms. The summed E-state index contributed by atoms with van der Waals surface area (Å²) in [6.45, 7) is 7.70. The van der Waals surface area contributed by atoms with Crippen molar-refractivity contribution in [2.45, 2.75) is 39.2 Å². The highest BCUT2D eigenvalue weighted by Gasteiger charge is 2.28. The minimum atomic E-state index is -0.832. The Bertz CT molecular complexity index is 229. The Morgan fingerprint density at radius 3 is 2.69 bits per heavy atom. The van der Waals surface area contributed by atoms with Gasteiger partial charge in [0.15, 0.2) is 0 Å². The summed E-state index contributed by atoms with van der Waals surface area (Å²) in [4.78, 5) is 13.9. The molecule has 1 amide bonds. The van der Waals surface area contributed by atoms with Crippen LogP contribution in [0.1, 0.15) is 33.6 Å². The highest BCUT2D eigenvalue weighted by molar-refractivity contribution is 5.79. The van der Waals surface area contributed by atoms with Gasteiger partial charge in [-0.3, -0.25) is 4.79 Å². The van der Waals surface area contributed by atoms with E-state index in [1.54, 1.807) is 18.7 Å². The van der Waals surface area contributed by atoms with Crippen molar-refractivity contribution in [2.75, 3.05) is 26.3 Å². The van der Waals surface area contributed by atoms with E-state index in [4.69, 9.17) is 4.74 Å². The fourth-order valence-electron chi connectivity index (χ4n) is 2.01. The van der Waals surface area contributed by atoms with E-state index in [2.05, 4.69) is 0 Å². The number of ether oxygens (including phenoxy) is 1. The number of likely N-dealkylation sites (N-methyl/N-ethyl adjacent to an activating group) is 1. The van der Waals surface area contributed by atoms with E-state index in [9.17, 15) is 9.90 Å². The lowest BCUT2D eigenvalue weighted by molar-refractivity contribution is -0.142. The second kappa shape index (κ2) is 5.64. The zero-order chi connectivity index (χ0) is 12.2. The van der Waals surface area contributed by atoms with Gasteiger partial charge in [-0.2, -0.15) is 0 Å². The van der Waals surface area contributed by atoms with Crippen LogP contribution in [0, 0.1) is 5.92 Å². The maximum Gasteiger partial charge on any atom is 0.228 e. The van der Waals surface area contributed by atoms with Crippen LogP contribution < -0.4 is 0 Å². The monoisotopic (exact) mass is 229 g/mol. The van der Waals surface area contributed by atoms with Crippen molar-refractivity contribution in [3.63, 3.8) is 0 Å². The first-order valence-corrected chi connectivity index (χ1v) is 6.03. The third-order valence-corrected chi connectivity index (χ3v) is 2.78. The number of nitrogens with zero attached hydrogens (tertiary/aromatic N) is 1. The van der Waals surface area contributed by atoms with Gasteiger partial charge in [0.1, 0.15) is 0 Å². The van der Waals surface area contributed by atoms with Gasteiger partial charge in [-0.05, 0) is 33.6 Å². The number of rotatable bonds is 4. The molecule has 0 aliphatic carbocycles. The molecular weight excluding hydrogens is 206 g/mol. The molecule has 1 unspecified atom stereocenters. The van der Waals surface area contributed by atoms with Crippen LogP contribution in [0.15, 0.2) is 0 Å². The van der Waals surface area contributed by atoms with Gasteiger partial charge in [0, 0.05) is 19.7 Å². The molecule has 1 rings (SSSR count). The first kappa shape index (κ1) is 13.5. The average molecular weight is 229 g/mol. The van der Waals surface area contributed by atoms with Crippen LogP contribution in [-0.4, -0.2) is 47.8 Å². The molecule has 94 valence electrons.